The van der Waals surface area contributed by atoms with Crippen LogP contribution in [0.25, 0.3) is 0 Å². The first-order chi connectivity index (χ1) is 9.16. The Labute approximate surface area is 111 Å². The lowest BCUT2D eigenvalue weighted by atomic mass is 9.85. The summed E-state index contributed by atoms with van der Waals surface area (Å²) in [5.41, 5.74) is 1.79. The topological polar surface area (TPSA) is 37.4 Å². The zero-order chi connectivity index (χ0) is 13.1. The van der Waals surface area contributed by atoms with Gasteiger partial charge in [-0.3, -0.25) is 14.5 Å². The molecule has 96 valence electrons. The first-order valence-electron chi connectivity index (χ1n) is 6.79. The lowest BCUT2D eigenvalue weighted by Gasteiger charge is -2.17. The molecule has 19 heavy (non-hydrogen) atoms. The van der Waals surface area contributed by atoms with Crippen LogP contribution in [-0.4, -0.2) is 11.8 Å². The standard InChI is InChI=1S/C16H15NO2/c1-9-3-2-4-12(7-9)17-15(18)13-10-5-6-11(8-10)14(13)16(17)19/h2-7,10-11,13-14H,8H2,1H3/t10-,11-,13-,14-/m0/s1. The number of allylic oxidation sites excluding steroid dienone is 2. The molecule has 2 amide bonds. The van der Waals surface area contributed by atoms with Crippen LogP contribution in [0.15, 0.2) is 36.4 Å². The van der Waals surface area contributed by atoms with Crippen LogP contribution in [0.4, 0.5) is 5.69 Å². The van der Waals surface area contributed by atoms with E-state index in [9.17, 15) is 9.59 Å². The molecule has 3 nitrogen and oxygen atoms in total. The van der Waals surface area contributed by atoms with Crippen LogP contribution in [0, 0.1) is 30.6 Å². The SMILES string of the molecule is Cc1cccc(N2C(=O)[C@@H]3[C@@H](C2=O)[C@H]2C=C[C@H]3C2)c1. The number of anilines is 1. The third-order valence-corrected chi connectivity index (χ3v) is 4.73. The van der Waals surface area contributed by atoms with Gasteiger partial charge in [-0.25, -0.2) is 0 Å². The fraction of sp³-hybridized carbons (Fsp3) is 0.375. The van der Waals surface area contributed by atoms with Crippen molar-refractivity contribution in [2.45, 2.75) is 13.3 Å². The molecule has 4 atom stereocenters. The normalized spacial score (nSPS) is 35.3. The van der Waals surface area contributed by atoms with Crippen molar-refractivity contribution in [3.8, 4) is 0 Å². The first-order valence-corrected chi connectivity index (χ1v) is 6.79. The lowest BCUT2D eigenvalue weighted by molar-refractivity contribution is -0.123. The molecule has 4 rings (SSSR count). The van der Waals surface area contributed by atoms with Gasteiger partial charge in [-0.15, -0.1) is 0 Å². The maximum atomic E-state index is 12.6. The molecule has 1 saturated carbocycles. The summed E-state index contributed by atoms with van der Waals surface area (Å²) < 4.78 is 0. The molecule has 3 heteroatoms. The van der Waals surface area contributed by atoms with Gasteiger partial charge >= 0.3 is 0 Å². The summed E-state index contributed by atoms with van der Waals surface area (Å²) in [4.78, 5) is 26.6. The van der Waals surface area contributed by atoms with Crippen LogP contribution in [0.1, 0.15) is 12.0 Å². The van der Waals surface area contributed by atoms with E-state index in [2.05, 4.69) is 12.2 Å². The number of amides is 2. The summed E-state index contributed by atoms with van der Waals surface area (Å²) in [6.07, 6.45) is 5.22. The van der Waals surface area contributed by atoms with Gasteiger partial charge in [-0.05, 0) is 42.9 Å². The average molecular weight is 253 g/mol. The molecule has 0 unspecified atom stereocenters. The number of carbonyl (C=O) groups excluding carboxylic acids is 2. The second kappa shape index (κ2) is 3.56. The van der Waals surface area contributed by atoms with Crippen LogP contribution >= 0.6 is 0 Å². The summed E-state index contributed by atoms with van der Waals surface area (Å²) in [5.74, 6) is 0.337. The molecule has 0 radical (unpaired) electrons. The first kappa shape index (κ1) is 11.0. The van der Waals surface area contributed by atoms with E-state index in [4.69, 9.17) is 0 Å². The number of imide groups is 1. The van der Waals surface area contributed by atoms with Gasteiger partial charge in [-0.1, -0.05) is 24.3 Å². The third-order valence-electron chi connectivity index (χ3n) is 4.73. The predicted octanol–water partition coefficient (Wildman–Crippen LogP) is 2.31. The van der Waals surface area contributed by atoms with Crippen LogP contribution in [0.2, 0.25) is 0 Å². The van der Waals surface area contributed by atoms with E-state index in [0.717, 1.165) is 17.7 Å². The van der Waals surface area contributed by atoms with Crippen molar-refractivity contribution < 1.29 is 9.59 Å². The van der Waals surface area contributed by atoms with E-state index in [1.807, 2.05) is 31.2 Å². The summed E-state index contributed by atoms with van der Waals surface area (Å²) in [6, 6.07) is 7.62. The number of hydrogen-bond acceptors (Lipinski definition) is 2. The minimum absolute atomic E-state index is 0.00236. The van der Waals surface area contributed by atoms with E-state index in [1.165, 1.54) is 4.90 Å². The highest BCUT2D eigenvalue weighted by Gasteiger charge is 2.59. The molecule has 0 spiro atoms. The molecule has 2 bridgehead atoms. The largest absolute Gasteiger partial charge is 0.274 e. The van der Waals surface area contributed by atoms with Gasteiger partial charge in [0.2, 0.25) is 11.8 Å². The fourth-order valence-corrected chi connectivity index (χ4v) is 3.92. The Kier molecular flexibility index (Phi) is 2.06. The van der Waals surface area contributed by atoms with Crippen molar-refractivity contribution in [3.63, 3.8) is 0 Å². The zero-order valence-electron chi connectivity index (χ0n) is 10.7. The van der Waals surface area contributed by atoms with Gasteiger partial charge in [-0.2, -0.15) is 0 Å². The summed E-state index contributed by atoms with van der Waals surface area (Å²) in [6.45, 7) is 1.97. The molecule has 1 aromatic carbocycles. The van der Waals surface area contributed by atoms with Crippen LogP contribution in [-0.2, 0) is 9.59 Å². The van der Waals surface area contributed by atoms with Crippen molar-refractivity contribution >= 4 is 17.5 Å². The second-order valence-corrected chi connectivity index (χ2v) is 5.85. The smallest absolute Gasteiger partial charge is 0.238 e. The van der Waals surface area contributed by atoms with E-state index < -0.39 is 0 Å². The fourth-order valence-electron chi connectivity index (χ4n) is 3.92. The van der Waals surface area contributed by atoms with Crippen LogP contribution in [0.5, 0.6) is 0 Å². The summed E-state index contributed by atoms with van der Waals surface area (Å²) in [7, 11) is 0. The highest BCUT2D eigenvalue weighted by atomic mass is 16.2. The van der Waals surface area contributed by atoms with E-state index in [-0.39, 0.29) is 35.5 Å². The number of nitrogens with zero attached hydrogens (tertiary/aromatic N) is 1. The summed E-state index contributed by atoms with van der Waals surface area (Å²) in [5, 5.41) is 0. The van der Waals surface area contributed by atoms with E-state index >= 15 is 0 Å². The van der Waals surface area contributed by atoms with Crippen molar-refractivity contribution in [1.29, 1.82) is 0 Å². The van der Waals surface area contributed by atoms with Gasteiger partial charge in [0, 0.05) is 0 Å². The van der Waals surface area contributed by atoms with Crippen LogP contribution < -0.4 is 4.90 Å². The zero-order valence-corrected chi connectivity index (χ0v) is 10.7. The summed E-state index contributed by atoms with van der Waals surface area (Å²) >= 11 is 0. The molecule has 1 heterocycles. The molecule has 3 aliphatic rings. The Morgan fingerprint density at radius 3 is 2.26 bits per heavy atom. The number of benzene rings is 1. The Morgan fingerprint density at radius 2 is 1.68 bits per heavy atom. The molecular formula is C16H15NO2. The number of carbonyl (C=O) groups is 2. The maximum absolute atomic E-state index is 12.6. The molecule has 2 fully saturated rings. The lowest BCUT2D eigenvalue weighted by Crippen LogP contribution is -2.32. The Morgan fingerprint density at radius 1 is 1.05 bits per heavy atom. The molecule has 1 aliphatic heterocycles. The molecule has 1 aromatic rings. The number of aryl methyl sites for hydroxylation is 1. The van der Waals surface area contributed by atoms with Crippen molar-refractivity contribution in [3.05, 3.63) is 42.0 Å². The van der Waals surface area contributed by atoms with Gasteiger partial charge in [0.25, 0.3) is 0 Å². The molecule has 0 aromatic heterocycles. The molecule has 0 N–H and O–H groups in total. The number of hydrogen-bond donors (Lipinski definition) is 0. The third kappa shape index (κ3) is 1.33. The highest BCUT2D eigenvalue weighted by molar-refractivity contribution is 6.22. The van der Waals surface area contributed by atoms with Crippen molar-refractivity contribution in [1.82, 2.24) is 0 Å². The second-order valence-electron chi connectivity index (χ2n) is 5.85. The average Bonchev–Trinajstić information content (AvgIpc) is 3.04. The van der Waals surface area contributed by atoms with Gasteiger partial charge < -0.3 is 0 Å². The van der Waals surface area contributed by atoms with Crippen molar-refractivity contribution in [2.75, 3.05) is 4.90 Å². The minimum Gasteiger partial charge on any atom is -0.274 e. The van der Waals surface area contributed by atoms with Gasteiger partial charge in [0.15, 0.2) is 0 Å². The monoisotopic (exact) mass is 253 g/mol. The minimum atomic E-state index is -0.108. The highest BCUT2D eigenvalue weighted by Crippen LogP contribution is 2.53. The Hall–Kier alpha value is -1.90. The Balaban J connectivity index is 1.77. The van der Waals surface area contributed by atoms with Crippen LogP contribution in [0.3, 0.4) is 0 Å². The van der Waals surface area contributed by atoms with Crippen molar-refractivity contribution in [2.24, 2.45) is 23.7 Å². The predicted molar refractivity (Wildman–Crippen MR) is 71.4 cm³/mol. The van der Waals surface area contributed by atoms with Gasteiger partial charge in [0.05, 0.1) is 17.5 Å². The molecule has 2 aliphatic carbocycles. The molecule has 1 saturated heterocycles. The quantitative estimate of drug-likeness (QED) is 0.569. The van der Waals surface area contributed by atoms with Gasteiger partial charge in [0.1, 0.15) is 0 Å². The van der Waals surface area contributed by atoms with E-state index in [0.29, 0.717) is 0 Å². The van der Waals surface area contributed by atoms with E-state index in [1.54, 1.807) is 0 Å². The maximum Gasteiger partial charge on any atom is 0.238 e. The number of rotatable bonds is 1. The Bertz CT molecular complexity index is 589. The number of fused-ring (bicyclic) bond motifs is 5. The molecular weight excluding hydrogens is 238 g/mol.